The fourth-order valence-corrected chi connectivity index (χ4v) is 3.98. The summed E-state index contributed by atoms with van der Waals surface area (Å²) in [5, 5.41) is 7.49. The lowest BCUT2D eigenvalue weighted by Crippen LogP contribution is -2.30. The number of amides is 1. The van der Waals surface area contributed by atoms with Gasteiger partial charge in [-0.2, -0.15) is 5.10 Å². The standard InChI is InChI=1S/C24H28N4O/c1-19-23(17-26-28(19)22-12-4-2-5-13-22)24(29)25-16-20-10-6-7-11-21(20)18-27-14-8-3-9-15-27/h2,4-7,10-13,17H,3,8-9,14-16,18H2,1H3,(H,25,29). The molecule has 5 nitrogen and oxygen atoms in total. The zero-order chi connectivity index (χ0) is 20.1. The Morgan fingerprint density at radius 1 is 0.966 bits per heavy atom. The summed E-state index contributed by atoms with van der Waals surface area (Å²) in [6.45, 7) is 5.74. The van der Waals surface area contributed by atoms with E-state index in [-0.39, 0.29) is 5.91 Å². The van der Waals surface area contributed by atoms with Gasteiger partial charge in [-0.25, -0.2) is 4.68 Å². The monoisotopic (exact) mass is 388 g/mol. The molecular weight excluding hydrogens is 360 g/mol. The van der Waals surface area contributed by atoms with Crippen LogP contribution in [0.15, 0.2) is 60.8 Å². The van der Waals surface area contributed by atoms with Gasteiger partial charge in [0.25, 0.3) is 5.91 Å². The van der Waals surface area contributed by atoms with E-state index in [2.05, 4.69) is 33.5 Å². The smallest absolute Gasteiger partial charge is 0.255 e. The molecule has 29 heavy (non-hydrogen) atoms. The molecular formula is C24H28N4O. The molecule has 0 saturated carbocycles. The third-order valence-electron chi connectivity index (χ3n) is 5.66. The van der Waals surface area contributed by atoms with Gasteiger partial charge in [0.1, 0.15) is 0 Å². The first-order valence-corrected chi connectivity index (χ1v) is 10.4. The van der Waals surface area contributed by atoms with Crippen molar-refractivity contribution in [2.24, 2.45) is 0 Å². The highest BCUT2D eigenvalue weighted by Crippen LogP contribution is 2.17. The molecule has 1 amide bonds. The van der Waals surface area contributed by atoms with Gasteiger partial charge in [0.2, 0.25) is 0 Å². The molecule has 0 radical (unpaired) electrons. The van der Waals surface area contributed by atoms with Crippen molar-refractivity contribution in [3.05, 3.63) is 83.2 Å². The Morgan fingerprint density at radius 2 is 1.66 bits per heavy atom. The van der Waals surface area contributed by atoms with Crippen LogP contribution < -0.4 is 5.32 Å². The summed E-state index contributed by atoms with van der Waals surface area (Å²) in [5.41, 5.74) is 4.89. The Balaban J connectivity index is 1.43. The molecule has 1 aliphatic heterocycles. The van der Waals surface area contributed by atoms with Gasteiger partial charge in [0.05, 0.1) is 23.1 Å². The fraction of sp³-hybridized carbons (Fsp3) is 0.333. The van der Waals surface area contributed by atoms with Gasteiger partial charge < -0.3 is 5.32 Å². The van der Waals surface area contributed by atoms with Crippen LogP contribution in [0.3, 0.4) is 0 Å². The van der Waals surface area contributed by atoms with Crippen molar-refractivity contribution >= 4 is 5.91 Å². The van der Waals surface area contributed by atoms with Crippen LogP contribution in [0.25, 0.3) is 5.69 Å². The van der Waals surface area contributed by atoms with Gasteiger partial charge >= 0.3 is 0 Å². The van der Waals surface area contributed by atoms with Crippen molar-refractivity contribution in [3.63, 3.8) is 0 Å². The maximum Gasteiger partial charge on any atom is 0.255 e. The second-order valence-electron chi connectivity index (χ2n) is 7.68. The van der Waals surface area contributed by atoms with Crippen LogP contribution in [0, 0.1) is 6.92 Å². The Kier molecular flexibility index (Phi) is 6.06. The summed E-state index contributed by atoms with van der Waals surface area (Å²) in [4.78, 5) is 15.3. The lowest BCUT2D eigenvalue weighted by molar-refractivity contribution is 0.0950. The highest BCUT2D eigenvalue weighted by atomic mass is 16.1. The van der Waals surface area contributed by atoms with Gasteiger partial charge in [-0.15, -0.1) is 0 Å². The van der Waals surface area contributed by atoms with E-state index in [1.807, 2.05) is 43.3 Å². The summed E-state index contributed by atoms with van der Waals surface area (Å²) in [6.07, 6.45) is 5.55. The van der Waals surface area contributed by atoms with E-state index in [0.29, 0.717) is 12.1 Å². The largest absolute Gasteiger partial charge is 0.348 e. The zero-order valence-corrected chi connectivity index (χ0v) is 17.0. The number of rotatable bonds is 6. The zero-order valence-electron chi connectivity index (χ0n) is 17.0. The third kappa shape index (κ3) is 4.57. The Morgan fingerprint density at radius 3 is 2.41 bits per heavy atom. The van der Waals surface area contributed by atoms with E-state index in [0.717, 1.165) is 17.9 Å². The summed E-state index contributed by atoms with van der Waals surface area (Å²) in [6, 6.07) is 18.3. The number of likely N-dealkylation sites (tertiary alicyclic amines) is 1. The predicted octanol–water partition coefficient (Wildman–Crippen LogP) is 4.10. The summed E-state index contributed by atoms with van der Waals surface area (Å²) < 4.78 is 1.80. The quantitative estimate of drug-likeness (QED) is 0.692. The maximum absolute atomic E-state index is 12.8. The minimum atomic E-state index is -0.0857. The fourth-order valence-electron chi connectivity index (χ4n) is 3.98. The molecule has 3 aromatic rings. The summed E-state index contributed by atoms with van der Waals surface area (Å²) >= 11 is 0. The van der Waals surface area contributed by atoms with Crippen LogP contribution in [-0.2, 0) is 13.1 Å². The lowest BCUT2D eigenvalue weighted by atomic mass is 10.0. The highest BCUT2D eigenvalue weighted by molar-refractivity contribution is 5.95. The second-order valence-corrected chi connectivity index (χ2v) is 7.68. The molecule has 0 spiro atoms. The van der Waals surface area contributed by atoms with Crippen molar-refractivity contribution in [2.75, 3.05) is 13.1 Å². The van der Waals surface area contributed by atoms with Crippen LogP contribution >= 0.6 is 0 Å². The van der Waals surface area contributed by atoms with E-state index < -0.39 is 0 Å². The first-order chi connectivity index (χ1) is 14.2. The highest BCUT2D eigenvalue weighted by Gasteiger charge is 2.16. The molecule has 0 atom stereocenters. The number of benzene rings is 2. The van der Waals surface area contributed by atoms with Crippen molar-refractivity contribution in [3.8, 4) is 5.69 Å². The second kappa shape index (κ2) is 9.05. The molecule has 1 fully saturated rings. The van der Waals surface area contributed by atoms with E-state index in [1.165, 1.54) is 43.5 Å². The molecule has 0 unspecified atom stereocenters. The molecule has 0 aliphatic carbocycles. The van der Waals surface area contributed by atoms with Crippen LogP contribution in [0.5, 0.6) is 0 Å². The number of carbonyl (C=O) groups excluding carboxylic acids is 1. The molecule has 1 saturated heterocycles. The first-order valence-electron chi connectivity index (χ1n) is 10.4. The lowest BCUT2D eigenvalue weighted by Gasteiger charge is -2.27. The first kappa shape index (κ1) is 19.4. The SMILES string of the molecule is Cc1c(C(=O)NCc2ccccc2CN2CCCCC2)cnn1-c1ccccc1. The molecule has 1 aliphatic rings. The van der Waals surface area contributed by atoms with Crippen molar-refractivity contribution < 1.29 is 4.79 Å². The Bertz CT molecular complexity index is 958. The molecule has 4 rings (SSSR count). The van der Waals surface area contributed by atoms with Gasteiger partial charge in [-0.05, 0) is 56.1 Å². The van der Waals surface area contributed by atoms with E-state index in [1.54, 1.807) is 10.9 Å². The molecule has 2 aromatic carbocycles. The number of hydrogen-bond donors (Lipinski definition) is 1. The van der Waals surface area contributed by atoms with Gasteiger partial charge in [0.15, 0.2) is 0 Å². The molecule has 1 N–H and O–H groups in total. The van der Waals surface area contributed by atoms with Crippen LogP contribution in [-0.4, -0.2) is 33.7 Å². The van der Waals surface area contributed by atoms with Gasteiger partial charge in [-0.3, -0.25) is 9.69 Å². The average molecular weight is 389 g/mol. The minimum absolute atomic E-state index is 0.0857. The van der Waals surface area contributed by atoms with Crippen LogP contribution in [0.4, 0.5) is 0 Å². The topological polar surface area (TPSA) is 50.2 Å². The number of nitrogens with zero attached hydrogens (tertiary/aromatic N) is 3. The maximum atomic E-state index is 12.8. The number of para-hydroxylation sites is 1. The number of nitrogens with one attached hydrogen (secondary N) is 1. The van der Waals surface area contributed by atoms with Gasteiger partial charge in [-0.1, -0.05) is 48.9 Å². The molecule has 1 aromatic heterocycles. The van der Waals surface area contributed by atoms with Gasteiger partial charge in [0, 0.05) is 13.1 Å². The minimum Gasteiger partial charge on any atom is -0.348 e. The van der Waals surface area contributed by atoms with Crippen molar-refractivity contribution in [1.82, 2.24) is 20.0 Å². The number of piperidine rings is 1. The van der Waals surface area contributed by atoms with E-state index in [9.17, 15) is 4.79 Å². The summed E-state index contributed by atoms with van der Waals surface area (Å²) in [5.74, 6) is -0.0857. The van der Waals surface area contributed by atoms with Crippen LogP contribution in [0.1, 0.15) is 46.4 Å². The number of hydrogen-bond acceptors (Lipinski definition) is 3. The molecule has 2 heterocycles. The van der Waals surface area contributed by atoms with E-state index >= 15 is 0 Å². The number of aromatic nitrogens is 2. The average Bonchev–Trinajstić information content (AvgIpc) is 3.16. The molecule has 150 valence electrons. The predicted molar refractivity (Wildman–Crippen MR) is 115 cm³/mol. The Hall–Kier alpha value is -2.92. The molecule has 5 heteroatoms. The van der Waals surface area contributed by atoms with Crippen molar-refractivity contribution in [2.45, 2.75) is 39.3 Å². The van der Waals surface area contributed by atoms with E-state index in [4.69, 9.17) is 0 Å². The normalized spacial score (nSPS) is 14.7. The third-order valence-corrected chi connectivity index (χ3v) is 5.66. The molecule has 0 bridgehead atoms. The van der Waals surface area contributed by atoms with Crippen LogP contribution in [0.2, 0.25) is 0 Å². The van der Waals surface area contributed by atoms with Crippen molar-refractivity contribution in [1.29, 1.82) is 0 Å². The number of carbonyl (C=O) groups is 1. The summed E-state index contributed by atoms with van der Waals surface area (Å²) in [7, 11) is 0. The Labute approximate surface area is 172 Å².